The molecule has 1 fully saturated rings. The molecule has 0 aliphatic carbocycles. The van der Waals surface area contributed by atoms with Crippen LogP contribution in [0.1, 0.15) is 26.2 Å². The lowest BCUT2D eigenvalue weighted by Crippen LogP contribution is -2.48. The average Bonchev–Trinajstić information content (AvgIpc) is 2.31. The molecule has 1 N–H and O–H groups in total. The Labute approximate surface area is 90.7 Å². The van der Waals surface area contributed by atoms with E-state index in [0.717, 1.165) is 44.9 Å². The first-order valence-corrected chi connectivity index (χ1v) is 5.86. The predicted molar refractivity (Wildman–Crippen MR) is 60.2 cm³/mol. The second kappa shape index (κ2) is 4.75. The molecule has 0 spiro atoms. The number of Topliss-reactive ketones (excluding diaryl/α,β-unsaturated/α-hetero) is 1. The second-order valence-corrected chi connectivity index (χ2v) is 4.17. The smallest absolute Gasteiger partial charge is 0.157 e. The molecule has 1 saturated heterocycles. The van der Waals surface area contributed by atoms with Crippen molar-refractivity contribution in [2.45, 2.75) is 32.2 Å². The van der Waals surface area contributed by atoms with Crippen molar-refractivity contribution in [3.63, 3.8) is 0 Å². The fourth-order valence-corrected chi connectivity index (χ4v) is 2.20. The first-order chi connectivity index (χ1) is 7.31. The number of piperazine rings is 1. The number of hydrogen-bond donors (Lipinski definition) is 1. The summed E-state index contributed by atoms with van der Waals surface area (Å²) in [7, 11) is 0. The van der Waals surface area contributed by atoms with Gasteiger partial charge in [-0.05, 0) is 6.42 Å². The molecule has 2 aliphatic heterocycles. The number of hydrogen-bond acceptors (Lipinski definition) is 4. The predicted octanol–water partition coefficient (Wildman–Crippen LogP) is 0.432. The normalized spacial score (nSPS) is 27.8. The van der Waals surface area contributed by atoms with Gasteiger partial charge in [-0.2, -0.15) is 0 Å². The summed E-state index contributed by atoms with van der Waals surface area (Å²) in [6, 6.07) is -0.0661. The summed E-state index contributed by atoms with van der Waals surface area (Å²) < 4.78 is 0. The molecule has 0 bridgehead atoms. The maximum Gasteiger partial charge on any atom is 0.157 e. The molecule has 0 saturated carbocycles. The summed E-state index contributed by atoms with van der Waals surface area (Å²) in [5.74, 6) is 1.47. The van der Waals surface area contributed by atoms with Crippen LogP contribution in [0.25, 0.3) is 0 Å². The summed E-state index contributed by atoms with van der Waals surface area (Å²) in [4.78, 5) is 18.4. The van der Waals surface area contributed by atoms with Crippen molar-refractivity contribution in [3.05, 3.63) is 0 Å². The van der Waals surface area contributed by atoms with Crippen molar-refractivity contribution in [2.75, 3.05) is 26.2 Å². The van der Waals surface area contributed by atoms with Gasteiger partial charge < -0.3 is 10.2 Å². The molecule has 15 heavy (non-hydrogen) atoms. The number of carbonyl (C=O) groups excluding carboxylic acids is 1. The second-order valence-electron chi connectivity index (χ2n) is 4.17. The summed E-state index contributed by atoms with van der Waals surface area (Å²) in [5.41, 5.74) is 0. The van der Waals surface area contributed by atoms with E-state index in [0.29, 0.717) is 12.2 Å². The number of aliphatic imine (C=N–C) groups is 1. The molecule has 0 aromatic rings. The zero-order valence-electron chi connectivity index (χ0n) is 9.33. The molecule has 4 nitrogen and oxygen atoms in total. The van der Waals surface area contributed by atoms with Gasteiger partial charge in [-0.25, -0.2) is 0 Å². The maximum atomic E-state index is 11.5. The van der Waals surface area contributed by atoms with Crippen molar-refractivity contribution in [1.29, 1.82) is 0 Å². The van der Waals surface area contributed by atoms with Crippen LogP contribution in [0.2, 0.25) is 0 Å². The quantitative estimate of drug-likeness (QED) is 0.681. The van der Waals surface area contributed by atoms with Gasteiger partial charge in [0.15, 0.2) is 5.78 Å². The number of nitrogens with one attached hydrogen (secondary N) is 1. The van der Waals surface area contributed by atoms with Crippen LogP contribution in [0.4, 0.5) is 0 Å². The molecule has 1 atom stereocenters. The molecule has 84 valence electrons. The van der Waals surface area contributed by atoms with E-state index < -0.39 is 0 Å². The van der Waals surface area contributed by atoms with E-state index in [9.17, 15) is 4.79 Å². The van der Waals surface area contributed by atoms with Gasteiger partial charge in [0, 0.05) is 39.0 Å². The Morgan fingerprint density at radius 1 is 1.40 bits per heavy atom. The van der Waals surface area contributed by atoms with Crippen LogP contribution >= 0.6 is 0 Å². The number of rotatable bonds is 1. The van der Waals surface area contributed by atoms with Gasteiger partial charge in [-0.1, -0.05) is 6.92 Å². The van der Waals surface area contributed by atoms with Crippen LogP contribution in [-0.2, 0) is 4.79 Å². The summed E-state index contributed by atoms with van der Waals surface area (Å²) in [6.45, 7) is 6.16. The molecule has 2 aliphatic rings. The van der Waals surface area contributed by atoms with Gasteiger partial charge in [0.25, 0.3) is 0 Å². The fraction of sp³-hybridized carbons (Fsp3) is 0.818. The molecular formula is C11H19N3O. The van der Waals surface area contributed by atoms with Crippen LogP contribution in [0.15, 0.2) is 4.99 Å². The van der Waals surface area contributed by atoms with Gasteiger partial charge in [0.05, 0.1) is 0 Å². The van der Waals surface area contributed by atoms with E-state index in [4.69, 9.17) is 0 Å². The average molecular weight is 209 g/mol. The van der Waals surface area contributed by atoms with Crippen LogP contribution in [0.5, 0.6) is 0 Å². The fourth-order valence-electron chi connectivity index (χ4n) is 2.20. The monoisotopic (exact) mass is 209 g/mol. The minimum absolute atomic E-state index is 0.0661. The van der Waals surface area contributed by atoms with Crippen molar-refractivity contribution in [2.24, 2.45) is 4.99 Å². The lowest BCUT2D eigenvalue weighted by molar-refractivity contribution is -0.120. The summed E-state index contributed by atoms with van der Waals surface area (Å²) >= 11 is 0. The summed E-state index contributed by atoms with van der Waals surface area (Å²) in [6.07, 6.45) is 2.37. The van der Waals surface area contributed by atoms with Crippen LogP contribution in [-0.4, -0.2) is 48.7 Å². The van der Waals surface area contributed by atoms with Gasteiger partial charge in [0.1, 0.15) is 11.9 Å². The largest absolute Gasteiger partial charge is 0.358 e. The number of ketones is 1. The van der Waals surface area contributed by atoms with Crippen molar-refractivity contribution in [1.82, 2.24) is 10.2 Å². The zero-order valence-corrected chi connectivity index (χ0v) is 9.33. The molecule has 0 radical (unpaired) electrons. The summed E-state index contributed by atoms with van der Waals surface area (Å²) in [5, 5.41) is 3.32. The lowest BCUT2D eigenvalue weighted by atomic mass is 10.0. The van der Waals surface area contributed by atoms with Gasteiger partial charge in [-0.3, -0.25) is 9.79 Å². The molecule has 0 aromatic heterocycles. The van der Waals surface area contributed by atoms with Crippen molar-refractivity contribution in [3.8, 4) is 0 Å². The minimum atomic E-state index is -0.0661. The Bertz CT molecular complexity index is 269. The third-order valence-corrected chi connectivity index (χ3v) is 3.14. The highest BCUT2D eigenvalue weighted by molar-refractivity contribution is 5.96. The molecule has 1 unspecified atom stereocenters. The molecule has 0 aromatic carbocycles. The van der Waals surface area contributed by atoms with E-state index in [1.54, 1.807) is 0 Å². The third-order valence-electron chi connectivity index (χ3n) is 3.14. The first-order valence-electron chi connectivity index (χ1n) is 5.86. The van der Waals surface area contributed by atoms with Crippen LogP contribution < -0.4 is 5.32 Å². The Kier molecular flexibility index (Phi) is 3.36. The van der Waals surface area contributed by atoms with Gasteiger partial charge >= 0.3 is 0 Å². The minimum Gasteiger partial charge on any atom is -0.358 e. The van der Waals surface area contributed by atoms with E-state index in [1.807, 2.05) is 6.92 Å². The highest BCUT2D eigenvalue weighted by atomic mass is 16.1. The molecule has 2 heterocycles. The van der Waals surface area contributed by atoms with Crippen LogP contribution in [0, 0.1) is 0 Å². The first kappa shape index (κ1) is 10.6. The molecule has 2 rings (SSSR count). The molecular weight excluding hydrogens is 190 g/mol. The number of amidine groups is 1. The van der Waals surface area contributed by atoms with Crippen LogP contribution in [0.3, 0.4) is 0 Å². The topological polar surface area (TPSA) is 44.7 Å². The Morgan fingerprint density at radius 3 is 2.80 bits per heavy atom. The van der Waals surface area contributed by atoms with E-state index >= 15 is 0 Å². The van der Waals surface area contributed by atoms with Gasteiger partial charge in [-0.15, -0.1) is 0 Å². The van der Waals surface area contributed by atoms with E-state index in [1.165, 1.54) is 0 Å². The van der Waals surface area contributed by atoms with E-state index in [2.05, 4.69) is 15.2 Å². The SMILES string of the molecule is CCC1N=C(N2CCNCC2)CCC1=O. The standard InChI is InChI=1S/C11H19N3O/c1-2-9-10(15)3-4-11(13-9)14-7-5-12-6-8-14/h9,12H,2-8H2,1H3. The molecule has 0 amide bonds. The highest BCUT2D eigenvalue weighted by Crippen LogP contribution is 2.15. The molecule has 4 heteroatoms. The highest BCUT2D eigenvalue weighted by Gasteiger charge is 2.25. The maximum absolute atomic E-state index is 11.5. The number of nitrogens with zero attached hydrogens (tertiary/aromatic N) is 2. The Hall–Kier alpha value is -0.900. The Balaban J connectivity index is 2.04. The van der Waals surface area contributed by atoms with E-state index in [-0.39, 0.29) is 6.04 Å². The Morgan fingerprint density at radius 2 is 2.13 bits per heavy atom. The number of carbonyl (C=O) groups is 1. The third kappa shape index (κ3) is 2.37. The van der Waals surface area contributed by atoms with Crippen molar-refractivity contribution < 1.29 is 4.79 Å². The van der Waals surface area contributed by atoms with Gasteiger partial charge in [0.2, 0.25) is 0 Å². The zero-order chi connectivity index (χ0) is 10.7. The van der Waals surface area contributed by atoms with Crippen molar-refractivity contribution >= 4 is 11.6 Å². The lowest BCUT2D eigenvalue weighted by Gasteiger charge is -2.33.